The van der Waals surface area contributed by atoms with E-state index < -0.39 is 0 Å². The molecule has 2 heteroatoms. The van der Waals surface area contributed by atoms with Gasteiger partial charge in [0.15, 0.2) is 0 Å². The molecule has 1 unspecified atom stereocenters. The summed E-state index contributed by atoms with van der Waals surface area (Å²) in [5.41, 5.74) is 2.13. The highest BCUT2D eigenvalue weighted by Gasteiger charge is 2.36. The molecule has 0 heterocycles. The first-order chi connectivity index (χ1) is 12.1. The fourth-order valence-electron chi connectivity index (χ4n) is 3.74. The summed E-state index contributed by atoms with van der Waals surface area (Å²) in [4.78, 5) is 0. The second kappa shape index (κ2) is 9.66. The van der Waals surface area contributed by atoms with Gasteiger partial charge in [0, 0.05) is 11.8 Å². The van der Waals surface area contributed by atoms with E-state index >= 15 is 0 Å². The fraction of sp³-hybridized carbons (Fsp3) is 0.500. The molecule has 26 heavy (non-hydrogen) atoms. The summed E-state index contributed by atoms with van der Waals surface area (Å²) in [5, 5.41) is 19.5. The summed E-state index contributed by atoms with van der Waals surface area (Å²) in [5.74, 6) is 0.652. The van der Waals surface area contributed by atoms with E-state index in [0.29, 0.717) is 12.2 Å². The molecule has 0 aromatic rings. The van der Waals surface area contributed by atoms with Crippen LogP contribution in [0.1, 0.15) is 66.7 Å². The van der Waals surface area contributed by atoms with Crippen LogP contribution in [0.3, 0.4) is 0 Å². The third-order valence-corrected chi connectivity index (χ3v) is 5.12. The lowest BCUT2D eigenvalue weighted by Crippen LogP contribution is -2.29. The number of aliphatic hydroxyl groups excluding tert-OH is 2. The predicted molar refractivity (Wildman–Crippen MR) is 113 cm³/mol. The summed E-state index contributed by atoms with van der Waals surface area (Å²) in [6, 6.07) is 0. The van der Waals surface area contributed by atoms with Gasteiger partial charge in [0.25, 0.3) is 0 Å². The Morgan fingerprint density at radius 1 is 1.23 bits per heavy atom. The van der Waals surface area contributed by atoms with E-state index in [1.54, 1.807) is 19.1 Å². The van der Waals surface area contributed by atoms with Crippen LogP contribution >= 0.6 is 0 Å². The van der Waals surface area contributed by atoms with Crippen molar-refractivity contribution in [2.45, 2.75) is 66.7 Å². The molecule has 0 saturated carbocycles. The molecular weight excluding hydrogens is 320 g/mol. The molecule has 0 fully saturated rings. The summed E-state index contributed by atoms with van der Waals surface area (Å²) in [6.07, 6.45) is 18.6. The highest BCUT2D eigenvalue weighted by atomic mass is 16.3. The minimum Gasteiger partial charge on any atom is -0.513 e. The maximum absolute atomic E-state index is 9.88. The van der Waals surface area contributed by atoms with E-state index in [9.17, 15) is 10.2 Å². The standard InChI is InChI=1S/C24H36O2/c1-7-9-17-23(4,5)18-24(6,20(8-2)14-13-19(3)25)21-11-10-12-22(26)16-15-21/h8,10-11,13-16,25-26H,2,7,9,12,17-18H2,1,3-6H3/b19-13+,20-14+. The van der Waals surface area contributed by atoms with Crippen molar-refractivity contribution in [1.29, 1.82) is 0 Å². The smallest absolute Gasteiger partial charge is 0.0960 e. The summed E-state index contributed by atoms with van der Waals surface area (Å²) < 4.78 is 0. The van der Waals surface area contributed by atoms with Crippen molar-refractivity contribution in [1.82, 2.24) is 0 Å². The van der Waals surface area contributed by atoms with Gasteiger partial charge < -0.3 is 10.2 Å². The lowest BCUT2D eigenvalue weighted by atomic mass is 9.64. The molecule has 144 valence electrons. The van der Waals surface area contributed by atoms with Crippen LogP contribution in [0.15, 0.2) is 71.8 Å². The van der Waals surface area contributed by atoms with E-state index in [2.05, 4.69) is 40.3 Å². The molecule has 1 aliphatic rings. The first kappa shape index (κ1) is 22.1. The lowest BCUT2D eigenvalue weighted by molar-refractivity contribution is 0.223. The van der Waals surface area contributed by atoms with Crippen LogP contribution in [0.4, 0.5) is 0 Å². The molecule has 0 aromatic heterocycles. The number of aliphatic hydroxyl groups is 2. The monoisotopic (exact) mass is 356 g/mol. The fourth-order valence-corrected chi connectivity index (χ4v) is 3.74. The van der Waals surface area contributed by atoms with Gasteiger partial charge in [-0.05, 0) is 48.5 Å². The molecule has 0 radical (unpaired) electrons. The topological polar surface area (TPSA) is 40.5 Å². The van der Waals surface area contributed by atoms with Crippen LogP contribution in [0.25, 0.3) is 0 Å². The third kappa shape index (κ3) is 6.40. The van der Waals surface area contributed by atoms with Gasteiger partial charge in [0.2, 0.25) is 0 Å². The second-order valence-corrected chi connectivity index (χ2v) is 8.30. The Labute approximate surface area is 160 Å². The first-order valence-corrected chi connectivity index (χ1v) is 9.62. The van der Waals surface area contributed by atoms with Crippen molar-refractivity contribution in [2.24, 2.45) is 10.8 Å². The lowest BCUT2D eigenvalue weighted by Gasteiger charge is -2.40. The molecule has 0 amide bonds. The van der Waals surface area contributed by atoms with Crippen LogP contribution in [0, 0.1) is 10.8 Å². The zero-order valence-corrected chi connectivity index (χ0v) is 17.2. The van der Waals surface area contributed by atoms with Crippen molar-refractivity contribution in [3.63, 3.8) is 0 Å². The Morgan fingerprint density at radius 2 is 1.92 bits per heavy atom. The quantitative estimate of drug-likeness (QED) is 0.331. The van der Waals surface area contributed by atoms with E-state index in [1.807, 2.05) is 24.3 Å². The van der Waals surface area contributed by atoms with Gasteiger partial charge in [-0.1, -0.05) is 77.5 Å². The normalized spacial score (nSPS) is 18.7. The van der Waals surface area contributed by atoms with Crippen molar-refractivity contribution in [2.75, 3.05) is 0 Å². The minimum atomic E-state index is -0.261. The highest BCUT2D eigenvalue weighted by Crippen LogP contribution is 2.48. The summed E-state index contributed by atoms with van der Waals surface area (Å²) in [7, 11) is 0. The van der Waals surface area contributed by atoms with Gasteiger partial charge in [-0.3, -0.25) is 0 Å². The van der Waals surface area contributed by atoms with Crippen molar-refractivity contribution < 1.29 is 10.2 Å². The SMILES string of the molecule is C=C/C(=C\C=C(/C)O)C(C)(CC(C)(C)CCCC)C1=CC=C(O)CC=C1. The number of hydrogen-bond donors (Lipinski definition) is 2. The predicted octanol–water partition coefficient (Wildman–Crippen LogP) is 7.50. The van der Waals surface area contributed by atoms with Crippen LogP contribution < -0.4 is 0 Å². The molecule has 1 aliphatic carbocycles. The summed E-state index contributed by atoms with van der Waals surface area (Å²) >= 11 is 0. The largest absolute Gasteiger partial charge is 0.513 e. The Bertz CT molecular complexity index is 637. The van der Waals surface area contributed by atoms with Gasteiger partial charge >= 0.3 is 0 Å². The number of rotatable bonds is 9. The van der Waals surface area contributed by atoms with Crippen LogP contribution in [-0.2, 0) is 0 Å². The van der Waals surface area contributed by atoms with E-state index in [0.717, 1.165) is 24.0 Å². The number of allylic oxidation sites excluding steroid dienone is 10. The van der Waals surface area contributed by atoms with Crippen LogP contribution in [0.2, 0.25) is 0 Å². The summed E-state index contributed by atoms with van der Waals surface area (Å²) in [6.45, 7) is 14.8. The van der Waals surface area contributed by atoms with Gasteiger partial charge in [-0.25, -0.2) is 0 Å². The van der Waals surface area contributed by atoms with E-state index in [4.69, 9.17) is 0 Å². The molecule has 0 bridgehead atoms. The van der Waals surface area contributed by atoms with E-state index in [-0.39, 0.29) is 16.6 Å². The zero-order valence-electron chi connectivity index (χ0n) is 17.2. The molecule has 0 spiro atoms. The minimum absolute atomic E-state index is 0.164. The maximum Gasteiger partial charge on any atom is 0.0960 e. The van der Waals surface area contributed by atoms with Gasteiger partial charge in [0.05, 0.1) is 11.5 Å². The molecule has 0 aromatic carbocycles. The Balaban J connectivity index is 3.43. The van der Waals surface area contributed by atoms with Crippen molar-refractivity contribution >= 4 is 0 Å². The third-order valence-electron chi connectivity index (χ3n) is 5.12. The molecule has 1 rings (SSSR count). The van der Waals surface area contributed by atoms with Gasteiger partial charge in [0.1, 0.15) is 0 Å². The maximum atomic E-state index is 9.88. The number of hydrogen-bond acceptors (Lipinski definition) is 2. The van der Waals surface area contributed by atoms with Crippen molar-refractivity contribution in [3.05, 3.63) is 71.8 Å². The Hall–Kier alpha value is -1.96. The average Bonchev–Trinajstić information content (AvgIpc) is 2.77. The van der Waals surface area contributed by atoms with Gasteiger partial charge in [-0.15, -0.1) is 0 Å². The molecule has 2 N–H and O–H groups in total. The molecule has 0 saturated heterocycles. The average molecular weight is 357 g/mol. The van der Waals surface area contributed by atoms with Crippen LogP contribution in [-0.4, -0.2) is 10.2 Å². The molecule has 1 atom stereocenters. The molecule has 0 aliphatic heterocycles. The second-order valence-electron chi connectivity index (χ2n) is 8.30. The van der Waals surface area contributed by atoms with Crippen molar-refractivity contribution in [3.8, 4) is 0 Å². The first-order valence-electron chi connectivity index (χ1n) is 9.62. The number of unbranched alkanes of at least 4 members (excludes halogenated alkanes) is 1. The highest BCUT2D eigenvalue weighted by molar-refractivity contribution is 5.45. The van der Waals surface area contributed by atoms with E-state index in [1.165, 1.54) is 12.8 Å². The molecular formula is C24H36O2. The van der Waals surface area contributed by atoms with Crippen LogP contribution in [0.5, 0.6) is 0 Å². The van der Waals surface area contributed by atoms with Gasteiger partial charge in [-0.2, -0.15) is 0 Å². The molecule has 2 nitrogen and oxygen atoms in total. The Morgan fingerprint density at radius 3 is 2.50 bits per heavy atom. The Kier molecular flexibility index (Phi) is 8.20. The zero-order chi connectivity index (χ0) is 19.8.